The molecular weight excluding hydrogens is 300 g/mol. The fraction of sp³-hybridized carbons (Fsp3) is 0.952. The zero-order valence-corrected chi connectivity index (χ0v) is 16.2. The van der Waals surface area contributed by atoms with Gasteiger partial charge in [-0.2, -0.15) is 0 Å². The molecular formula is C21H36O3. The summed E-state index contributed by atoms with van der Waals surface area (Å²) in [6.45, 7) is 9.12. The Morgan fingerprint density at radius 3 is 2.46 bits per heavy atom. The third kappa shape index (κ3) is 2.62. The molecule has 0 heterocycles. The predicted octanol–water partition coefficient (Wildman–Crippen LogP) is 4.99. The summed E-state index contributed by atoms with van der Waals surface area (Å²) in [5.41, 5.74) is -0.406. The fourth-order valence-corrected chi connectivity index (χ4v) is 6.89. The molecule has 0 radical (unpaired) electrons. The van der Waals surface area contributed by atoms with Crippen molar-refractivity contribution < 1.29 is 14.6 Å². The first kappa shape index (κ1) is 18.2. The van der Waals surface area contributed by atoms with Crippen LogP contribution in [-0.2, 0) is 9.53 Å². The lowest BCUT2D eigenvalue weighted by Crippen LogP contribution is -2.59. The second-order valence-electron chi connectivity index (χ2n) is 9.73. The van der Waals surface area contributed by atoms with Crippen molar-refractivity contribution in [2.24, 2.45) is 40.4 Å². The van der Waals surface area contributed by atoms with E-state index in [4.69, 9.17) is 4.74 Å². The Hall–Kier alpha value is -0.570. The average molecular weight is 337 g/mol. The van der Waals surface area contributed by atoms with Crippen LogP contribution in [0.15, 0.2) is 0 Å². The molecule has 24 heavy (non-hydrogen) atoms. The van der Waals surface area contributed by atoms with Gasteiger partial charge in [0.2, 0.25) is 0 Å². The summed E-state index contributed by atoms with van der Waals surface area (Å²) in [6.07, 6.45) is 8.10. The molecule has 0 saturated heterocycles. The van der Waals surface area contributed by atoms with Crippen molar-refractivity contribution in [3.05, 3.63) is 0 Å². The van der Waals surface area contributed by atoms with E-state index in [0.29, 0.717) is 11.8 Å². The van der Waals surface area contributed by atoms with Gasteiger partial charge in [-0.05, 0) is 80.5 Å². The van der Waals surface area contributed by atoms with Gasteiger partial charge in [-0.25, -0.2) is 0 Å². The van der Waals surface area contributed by atoms with E-state index < -0.39 is 11.4 Å². The minimum Gasteiger partial charge on any atom is -0.481 e. The molecule has 1 N–H and O–H groups in total. The van der Waals surface area contributed by atoms with Crippen LogP contribution in [-0.4, -0.2) is 24.3 Å². The van der Waals surface area contributed by atoms with Crippen LogP contribution >= 0.6 is 0 Å². The van der Waals surface area contributed by atoms with Crippen LogP contribution in [0.4, 0.5) is 0 Å². The van der Waals surface area contributed by atoms with Gasteiger partial charge in [0.15, 0.2) is 0 Å². The van der Waals surface area contributed by atoms with Crippen LogP contribution in [0.2, 0.25) is 0 Å². The van der Waals surface area contributed by atoms with Gasteiger partial charge < -0.3 is 9.84 Å². The van der Waals surface area contributed by atoms with Gasteiger partial charge in [0, 0.05) is 7.11 Å². The van der Waals surface area contributed by atoms with Crippen LogP contribution < -0.4 is 0 Å². The van der Waals surface area contributed by atoms with Crippen molar-refractivity contribution in [1.29, 1.82) is 0 Å². The van der Waals surface area contributed by atoms with Gasteiger partial charge in [-0.3, -0.25) is 4.79 Å². The molecule has 3 nitrogen and oxygen atoms in total. The molecule has 7 unspecified atom stereocenters. The highest BCUT2D eigenvalue weighted by Crippen LogP contribution is 2.64. The van der Waals surface area contributed by atoms with Gasteiger partial charge in [-0.15, -0.1) is 0 Å². The van der Waals surface area contributed by atoms with E-state index in [1.54, 1.807) is 0 Å². The first-order valence-electron chi connectivity index (χ1n) is 10.00. The number of carbonyl (C=O) groups is 1. The topological polar surface area (TPSA) is 46.5 Å². The monoisotopic (exact) mass is 336 g/mol. The SMILES string of the molecule is COC1CC2C(C)(C(=O)O)CCCC2(C)C2CCC(C(C)C)CC12. The summed E-state index contributed by atoms with van der Waals surface area (Å²) >= 11 is 0. The Labute approximate surface area is 147 Å². The van der Waals surface area contributed by atoms with E-state index in [2.05, 4.69) is 20.8 Å². The van der Waals surface area contributed by atoms with E-state index in [0.717, 1.165) is 31.1 Å². The largest absolute Gasteiger partial charge is 0.481 e. The molecule has 3 aliphatic rings. The molecule has 0 spiro atoms. The number of carboxylic acid groups (broad SMARTS) is 1. The fourth-order valence-electron chi connectivity index (χ4n) is 6.89. The minimum absolute atomic E-state index is 0.174. The first-order valence-corrected chi connectivity index (χ1v) is 10.00. The Morgan fingerprint density at radius 2 is 1.88 bits per heavy atom. The Morgan fingerprint density at radius 1 is 1.17 bits per heavy atom. The van der Waals surface area contributed by atoms with Crippen molar-refractivity contribution in [3.8, 4) is 0 Å². The minimum atomic E-state index is -0.595. The number of hydrogen-bond acceptors (Lipinski definition) is 2. The third-order valence-corrected chi connectivity index (χ3v) is 8.44. The highest BCUT2D eigenvalue weighted by atomic mass is 16.5. The second-order valence-corrected chi connectivity index (χ2v) is 9.73. The van der Waals surface area contributed by atoms with Crippen LogP contribution in [0.5, 0.6) is 0 Å². The lowest BCUT2D eigenvalue weighted by molar-refractivity contribution is -0.191. The van der Waals surface area contributed by atoms with Crippen LogP contribution in [0.25, 0.3) is 0 Å². The average Bonchev–Trinajstić information content (AvgIpc) is 2.54. The summed E-state index contributed by atoms with van der Waals surface area (Å²) in [5, 5.41) is 9.98. The van der Waals surface area contributed by atoms with Crippen molar-refractivity contribution in [1.82, 2.24) is 0 Å². The van der Waals surface area contributed by atoms with Crippen LogP contribution in [0.3, 0.4) is 0 Å². The lowest BCUT2D eigenvalue weighted by atomic mass is 9.43. The number of ether oxygens (including phenoxy) is 1. The third-order valence-electron chi connectivity index (χ3n) is 8.44. The van der Waals surface area contributed by atoms with Crippen molar-refractivity contribution in [2.75, 3.05) is 7.11 Å². The smallest absolute Gasteiger partial charge is 0.309 e. The molecule has 3 saturated carbocycles. The maximum atomic E-state index is 12.1. The number of hydrogen-bond donors (Lipinski definition) is 1. The van der Waals surface area contributed by atoms with E-state index in [1.165, 1.54) is 25.7 Å². The van der Waals surface area contributed by atoms with E-state index >= 15 is 0 Å². The molecule has 3 fully saturated rings. The van der Waals surface area contributed by atoms with E-state index in [-0.39, 0.29) is 17.4 Å². The predicted molar refractivity (Wildman–Crippen MR) is 95.8 cm³/mol. The Kier molecular flexibility index (Phi) is 4.79. The molecule has 7 atom stereocenters. The van der Waals surface area contributed by atoms with Gasteiger partial charge in [0.05, 0.1) is 11.5 Å². The Balaban J connectivity index is 1.95. The molecule has 0 aliphatic heterocycles. The van der Waals surface area contributed by atoms with E-state index in [1.807, 2.05) is 14.0 Å². The van der Waals surface area contributed by atoms with Crippen molar-refractivity contribution in [3.63, 3.8) is 0 Å². The van der Waals surface area contributed by atoms with Gasteiger partial charge in [0.25, 0.3) is 0 Å². The molecule has 3 aliphatic carbocycles. The highest BCUT2D eigenvalue weighted by molar-refractivity contribution is 5.75. The number of rotatable bonds is 3. The van der Waals surface area contributed by atoms with Crippen LogP contribution in [0.1, 0.15) is 72.6 Å². The van der Waals surface area contributed by atoms with E-state index in [9.17, 15) is 9.90 Å². The highest BCUT2D eigenvalue weighted by Gasteiger charge is 2.61. The molecule has 0 bridgehead atoms. The second kappa shape index (κ2) is 6.30. The normalized spacial score (nSPS) is 48.7. The quantitative estimate of drug-likeness (QED) is 0.789. The van der Waals surface area contributed by atoms with Crippen LogP contribution in [0, 0.1) is 40.4 Å². The van der Waals surface area contributed by atoms with Crippen molar-refractivity contribution in [2.45, 2.75) is 78.7 Å². The molecule has 0 aromatic heterocycles. The molecule has 138 valence electrons. The lowest BCUT2D eigenvalue weighted by Gasteiger charge is -2.62. The standard InChI is InChI=1S/C21H36O3/c1-13(2)14-7-8-16-15(11-14)17(24-5)12-18-20(16,3)9-6-10-21(18,4)19(22)23/h13-18H,6-12H2,1-5H3,(H,22,23). The number of carboxylic acids is 1. The molecule has 3 rings (SSSR count). The van der Waals surface area contributed by atoms with Crippen molar-refractivity contribution >= 4 is 5.97 Å². The molecule has 0 aromatic rings. The maximum Gasteiger partial charge on any atom is 0.309 e. The Bertz CT molecular complexity index is 487. The number of methoxy groups -OCH3 is 1. The first-order chi connectivity index (χ1) is 11.2. The maximum absolute atomic E-state index is 12.1. The molecule has 3 heteroatoms. The summed E-state index contributed by atoms with van der Waals surface area (Å²) in [4.78, 5) is 12.1. The summed E-state index contributed by atoms with van der Waals surface area (Å²) < 4.78 is 5.96. The van der Waals surface area contributed by atoms with Gasteiger partial charge in [0.1, 0.15) is 0 Å². The summed E-state index contributed by atoms with van der Waals surface area (Å²) in [5.74, 6) is 2.45. The zero-order valence-electron chi connectivity index (χ0n) is 16.2. The summed E-state index contributed by atoms with van der Waals surface area (Å²) in [7, 11) is 1.84. The zero-order chi connectivity index (χ0) is 17.7. The number of fused-ring (bicyclic) bond motifs is 3. The number of aliphatic carboxylic acids is 1. The summed E-state index contributed by atoms with van der Waals surface area (Å²) in [6, 6.07) is 0. The molecule has 0 aromatic carbocycles. The molecule has 0 amide bonds. The van der Waals surface area contributed by atoms with Gasteiger partial charge >= 0.3 is 5.97 Å². The van der Waals surface area contributed by atoms with Gasteiger partial charge in [-0.1, -0.05) is 27.2 Å².